The number of hydrogen-bond donors (Lipinski definition) is 0. The molecular weight excluding hydrogens is 375 g/mol. The Hall–Kier alpha value is -0.344. The summed E-state index contributed by atoms with van der Waals surface area (Å²) in [7, 11) is 1.54. The van der Waals surface area contributed by atoms with E-state index in [9.17, 15) is 5.21 Å². The average Bonchev–Trinajstić information content (AvgIpc) is 2.62. The molecule has 2 heterocycles. The van der Waals surface area contributed by atoms with Gasteiger partial charge in [0.05, 0.1) is 0 Å². The Morgan fingerprint density at radius 2 is 1.64 bits per heavy atom. The predicted molar refractivity (Wildman–Crippen MR) is 113 cm³/mol. The summed E-state index contributed by atoms with van der Waals surface area (Å²) in [5, 5.41) is 11.7. The molecule has 28 heavy (non-hydrogen) atoms. The minimum Gasteiger partial charge on any atom is -0.785 e. The van der Waals surface area contributed by atoms with Gasteiger partial charge in [-0.3, -0.25) is 0 Å². The second-order valence-corrected chi connectivity index (χ2v) is 8.24. The van der Waals surface area contributed by atoms with Crippen molar-refractivity contribution in [3.63, 3.8) is 0 Å². The molecule has 1 aliphatic rings. The van der Waals surface area contributed by atoms with Crippen LogP contribution in [0.4, 0.5) is 5.82 Å². The maximum Gasteiger partial charge on any atom is 1.00 e. The van der Waals surface area contributed by atoms with E-state index in [1.807, 2.05) is 31.3 Å². The van der Waals surface area contributed by atoms with Crippen LogP contribution in [0.25, 0.3) is 0 Å². The molecule has 0 spiro atoms. The van der Waals surface area contributed by atoms with Crippen molar-refractivity contribution in [1.29, 1.82) is 0 Å². The molecule has 0 saturated carbocycles. The molecule has 1 fully saturated rings. The Morgan fingerprint density at radius 3 is 2.14 bits per heavy atom. The molecule has 1 saturated heterocycles. The van der Waals surface area contributed by atoms with Crippen molar-refractivity contribution in [2.24, 2.45) is 0 Å². The first-order valence-electron chi connectivity index (χ1n) is 9.78. The summed E-state index contributed by atoms with van der Waals surface area (Å²) < 4.78 is 0. The van der Waals surface area contributed by atoms with Crippen molar-refractivity contribution in [2.75, 3.05) is 25.0 Å². The van der Waals surface area contributed by atoms with Crippen LogP contribution < -0.4 is 56.3 Å². The van der Waals surface area contributed by atoms with Crippen molar-refractivity contribution >= 4 is 5.82 Å². The Bertz CT molecular complexity index is 692. The first kappa shape index (κ1) is 25.7. The quantitative estimate of drug-likeness (QED) is 0.571. The number of anilines is 1. The third kappa shape index (κ3) is 8.99. The van der Waals surface area contributed by atoms with Gasteiger partial charge in [0.2, 0.25) is 0 Å². The normalized spacial score (nSPS) is 14.2. The van der Waals surface area contributed by atoms with Crippen LogP contribution in [-0.2, 0) is 12.0 Å². The zero-order valence-electron chi connectivity index (χ0n) is 18.4. The molecule has 6 heteroatoms. The number of aryl methyl sites for hydroxylation is 1. The molecular formula is C22H33KN4O. The molecule has 2 aromatic rings. The SMILES string of the molecule is CN([O-])Cc1ccc(C(C)(C)C)cc1.Cc1nccc(N2CCCCC2)n1.[K+]. The van der Waals surface area contributed by atoms with Gasteiger partial charge in [-0.25, -0.2) is 9.97 Å². The van der Waals surface area contributed by atoms with Gasteiger partial charge in [-0.2, -0.15) is 0 Å². The predicted octanol–water partition coefficient (Wildman–Crippen LogP) is 1.69. The first-order valence-corrected chi connectivity index (χ1v) is 9.78. The van der Waals surface area contributed by atoms with E-state index in [1.54, 1.807) is 0 Å². The zero-order chi connectivity index (χ0) is 19.9. The van der Waals surface area contributed by atoms with E-state index in [1.165, 1.54) is 31.9 Å². The molecule has 1 aromatic heterocycles. The minimum absolute atomic E-state index is 0. The fourth-order valence-corrected chi connectivity index (χ4v) is 3.11. The van der Waals surface area contributed by atoms with E-state index in [2.05, 4.69) is 47.8 Å². The number of hydroxylamine groups is 2. The maximum atomic E-state index is 10.8. The third-order valence-electron chi connectivity index (χ3n) is 4.67. The largest absolute Gasteiger partial charge is 1.00 e. The summed E-state index contributed by atoms with van der Waals surface area (Å²) in [6.45, 7) is 11.2. The molecule has 1 aromatic carbocycles. The molecule has 5 nitrogen and oxygen atoms in total. The molecule has 0 bridgehead atoms. The number of aromatic nitrogens is 2. The van der Waals surface area contributed by atoms with Crippen LogP contribution in [0, 0.1) is 12.1 Å². The molecule has 0 unspecified atom stereocenters. The van der Waals surface area contributed by atoms with Crippen molar-refractivity contribution in [1.82, 2.24) is 15.0 Å². The van der Waals surface area contributed by atoms with Crippen LogP contribution in [-0.4, -0.2) is 35.2 Å². The fourth-order valence-electron chi connectivity index (χ4n) is 3.11. The van der Waals surface area contributed by atoms with E-state index in [0.29, 0.717) is 6.54 Å². The average molecular weight is 409 g/mol. The number of benzene rings is 1. The number of nitrogens with zero attached hydrogens (tertiary/aromatic N) is 4. The third-order valence-corrected chi connectivity index (χ3v) is 4.67. The Balaban J connectivity index is 0.000000271. The van der Waals surface area contributed by atoms with Crippen LogP contribution >= 0.6 is 0 Å². The molecule has 0 aliphatic carbocycles. The monoisotopic (exact) mass is 408 g/mol. The van der Waals surface area contributed by atoms with Crippen molar-refractivity contribution < 1.29 is 51.4 Å². The van der Waals surface area contributed by atoms with Crippen LogP contribution in [0.2, 0.25) is 0 Å². The van der Waals surface area contributed by atoms with Gasteiger partial charge in [0.25, 0.3) is 0 Å². The summed E-state index contributed by atoms with van der Waals surface area (Å²) >= 11 is 0. The van der Waals surface area contributed by atoms with Gasteiger partial charge < -0.3 is 15.2 Å². The Kier molecular flexibility index (Phi) is 11.4. The molecule has 148 valence electrons. The van der Waals surface area contributed by atoms with E-state index in [-0.39, 0.29) is 56.8 Å². The van der Waals surface area contributed by atoms with E-state index in [4.69, 9.17) is 0 Å². The van der Waals surface area contributed by atoms with Gasteiger partial charge in [-0.05, 0) is 55.8 Å². The van der Waals surface area contributed by atoms with Crippen LogP contribution in [0.15, 0.2) is 36.5 Å². The van der Waals surface area contributed by atoms with E-state index >= 15 is 0 Å². The molecule has 0 N–H and O–H groups in total. The Labute approximate surface area is 212 Å². The van der Waals surface area contributed by atoms with Gasteiger partial charge in [-0.1, -0.05) is 45.0 Å². The standard InChI is InChI=1S/C12H18NO.C10H15N3.K/c1-12(2,3)11-7-5-10(6-8-11)9-13(4)14;1-9-11-6-5-10(12-9)13-7-3-2-4-8-13;/h5-8H,9H2,1-4H3;5-6H,2-4,7-8H2,1H3;/q-1;;+1. The second kappa shape index (κ2) is 12.4. The summed E-state index contributed by atoms with van der Waals surface area (Å²) in [6.07, 6.45) is 5.79. The molecule has 0 atom stereocenters. The first-order chi connectivity index (χ1) is 12.8. The zero-order valence-corrected chi connectivity index (χ0v) is 21.5. The Morgan fingerprint density at radius 1 is 1.04 bits per heavy atom. The van der Waals surface area contributed by atoms with Crippen LogP contribution in [0.1, 0.15) is 57.0 Å². The van der Waals surface area contributed by atoms with Gasteiger partial charge in [0, 0.05) is 25.8 Å². The molecule has 1 aliphatic heterocycles. The summed E-state index contributed by atoms with van der Waals surface area (Å²) in [5.74, 6) is 1.95. The van der Waals surface area contributed by atoms with Gasteiger partial charge in [-0.15, -0.1) is 0 Å². The van der Waals surface area contributed by atoms with Crippen molar-refractivity contribution in [2.45, 2.75) is 58.9 Å². The maximum absolute atomic E-state index is 10.8. The number of piperidine rings is 1. The minimum atomic E-state index is 0. The van der Waals surface area contributed by atoms with Gasteiger partial charge in [0.1, 0.15) is 11.6 Å². The number of rotatable bonds is 3. The van der Waals surface area contributed by atoms with Crippen LogP contribution in [0.5, 0.6) is 0 Å². The van der Waals surface area contributed by atoms with E-state index < -0.39 is 0 Å². The summed E-state index contributed by atoms with van der Waals surface area (Å²) in [6, 6.07) is 10.2. The van der Waals surface area contributed by atoms with Crippen molar-refractivity contribution in [3.05, 3.63) is 58.7 Å². The smallest absolute Gasteiger partial charge is 0.785 e. The van der Waals surface area contributed by atoms with E-state index in [0.717, 1.165) is 35.4 Å². The summed E-state index contributed by atoms with van der Waals surface area (Å²) in [5.41, 5.74) is 2.55. The molecule has 3 rings (SSSR count). The van der Waals surface area contributed by atoms with Crippen molar-refractivity contribution in [3.8, 4) is 0 Å². The van der Waals surface area contributed by atoms with Crippen LogP contribution in [0.3, 0.4) is 0 Å². The fraction of sp³-hybridized carbons (Fsp3) is 0.545. The summed E-state index contributed by atoms with van der Waals surface area (Å²) in [4.78, 5) is 10.9. The van der Waals surface area contributed by atoms with Gasteiger partial charge >= 0.3 is 51.4 Å². The number of hydrogen-bond acceptors (Lipinski definition) is 5. The second-order valence-electron chi connectivity index (χ2n) is 8.24. The molecule has 0 amide bonds. The topological polar surface area (TPSA) is 55.3 Å². The molecule has 0 radical (unpaired) electrons. The van der Waals surface area contributed by atoms with Gasteiger partial charge in [0.15, 0.2) is 0 Å².